The maximum atomic E-state index is 12.7. The molecule has 0 bridgehead atoms. The summed E-state index contributed by atoms with van der Waals surface area (Å²) in [6.45, 7) is 15.8. The highest BCUT2D eigenvalue weighted by molar-refractivity contribution is 6.74. The highest BCUT2D eigenvalue weighted by Crippen LogP contribution is 2.41. The van der Waals surface area contributed by atoms with Crippen molar-refractivity contribution >= 4 is 20.6 Å². The van der Waals surface area contributed by atoms with E-state index in [0.29, 0.717) is 6.41 Å². The predicted octanol–water partition coefficient (Wildman–Crippen LogP) is 5.58. The summed E-state index contributed by atoms with van der Waals surface area (Å²) < 4.78 is 45.0. The molecule has 10 heteroatoms. The summed E-state index contributed by atoms with van der Waals surface area (Å²) in [5, 5.41) is 3.05. The number of carbonyl (C=O) groups is 2. The molecule has 0 heterocycles. The van der Waals surface area contributed by atoms with Gasteiger partial charge in [0.2, 0.25) is 6.41 Å². The van der Waals surface area contributed by atoms with E-state index in [1.165, 1.54) is 5.06 Å². The maximum absolute atomic E-state index is 12.7. The lowest BCUT2D eigenvalue weighted by Gasteiger charge is -2.47. The molecular formula is C23H43F3N2O4Si. The van der Waals surface area contributed by atoms with Crippen LogP contribution in [0.2, 0.25) is 18.1 Å². The topological polar surface area (TPSA) is 67.9 Å². The van der Waals surface area contributed by atoms with E-state index in [9.17, 15) is 22.8 Å². The zero-order valence-corrected chi connectivity index (χ0v) is 22.5. The van der Waals surface area contributed by atoms with Gasteiger partial charge in [-0.15, -0.1) is 0 Å². The van der Waals surface area contributed by atoms with Gasteiger partial charge in [-0.2, -0.15) is 13.2 Å². The van der Waals surface area contributed by atoms with E-state index in [0.717, 1.165) is 32.1 Å². The second-order valence-corrected chi connectivity index (χ2v) is 16.3. The fraction of sp³-hybridized carbons (Fsp3) is 0.913. The highest BCUT2D eigenvalue weighted by atomic mass is 28.4. The summed E-state index contributed by atoms with van der Waals surface area (Å²) in [7, 11) is -2.29. The van der Waals surface area contributed by atoms with Gasteiger partial charge in [0.1, 0.15) is 0 Å². The van der Waals surface area contributed by atoms with E-state index in [1.54, 1.807) is 20.8 Å². The molecule has 2 atom stereocenters. The molecule has 0 saturated heterocycles. The number of hydroxylamine groups is 2. The smallest absolute Gasteiger partial charge is 0.411 e. The van der Waals surface area contributed by atoms with Gasteiger partial charge in [-0.05, 0) is 64.1 Å². The van der Waals surface area contributed by atoms with Crippen LogP contribution in [0.15, 0.2) is 0 Å². The van der Waals surface area contributed by atoms with Crippen LogP contribution >= 0.6 is 0 Å². The zero-order valence-electron chi connectivity index (χ0n) is 21.5. The van der Waals surface area contributed by atoms with Crippen LogP contribution in [0, 0.1) is 5.92 Å². The van der Waals surface area contributed by atoms with Gasteiger partial charge in [0, 0.05) is 6.54 Å². The number of alkyl halides is 3. The van der Waals surface area contributed by atoms with Gasteiger partial charge in [0.25, 0.3) is 0 Å². The van der Waals surface area contributed by atoms with Crippen LogP contribution in [0.25, 0.3) is 0 Å². The Balaban J connectivity index is 3.30. The zero-order chi connectivity index (χ0) is 25.7. The summed E-state index contributed by atoms with van der Waals surface area (Å²) in [4.78, 5) is 29.4. The monoisotopic (exact) mass is 496 g/mol. The maximum Gasteiger partial charge on any atom is 0.471 e. The van der Waals surface area contributed by atoms with Gasteiger partial charge in [0.15, 0.2) is 8.32 Å². The van der Waals surface area contributed by atoms with E-state index in [-0.39, 0.29) is 23.9 Å². The molecule has 1 fully saturated rings. The Morgan fingerprint density at radius 2 is 1.64 bits per heavy atom. The number of rotatable bonds is 10. The first-order chi connectivity index (χ1) is 14.9. The standard InChI is InChI=1S/C23H43F3N2O4Si/c1-21(2,3)32-28(16-29)18(14-15-27-20(30)23(24,25)26)19(17-12-10-9-11-13-17)31-33(7,8)22(4,5)6/h16-19H,9-15H2,1-8H3,(H,27,30). The van der Waals surface area contributed by atoms with Crippen molar-refractivity contribution in [3.63, 3.8) is 0 Å². The third kappa shape index (κ3) is 9.56. The van der Waals surface area contributed by atoms with E-state index in [4.69, 9.17) is 9.26 Å². The lowest BCUT2D eigenvalue weighted by Crippen LogP contribution is -2.56. The second-order valence-electron chi connectivity index (χ2n) is 11.5. The van der Waals surface area contributed by atoms with Crippen molar-refractivity contribution in [3.8, 4) is 0 Å². The fourth-order valence-electron chi connectivity index (χ4n) is 3.82. The van der Waals surface area contributed by atoms with E-state index >= 15 is 0 Å². The van der Waals surface area contributed by atoms with Crippen molar-refractivity contribution in [2.24, 2.45) is 5.92 Å². The van der Waals surface area contributed by atoms with Gasteiger partial charge in [-0.1, -0.05) is 40.0 Å². The lowest BCUT2D eigenvalue weighted by atomic mass is 9.82. The number of hydrogen-bond acceptors (Lipinski definition) is 4. The number of nitrogens with one attached hydrogen (secondary N) is 1. The Labute approximate surface area is 198 Å². The molecule has 0 aliphatic heterocycles. The Hall–Kier alpha value is -1.13. The predicted molar refractivity (Wildman–Crippen MR) is 125 cm³/mol. The minimum absolute atomic E-state index is 0.0897. The molecule has 1 saturated carbocycles. The third-order valence-electron chi connectivity index (χ3n) is 6.52. The molecule has 33 heavy (non-hydrogen) atoms. The number of hydrogen-bond donors (Lipinski definition) is 1. The van der Waals surface area contributed by atoms with Crippen molar-refractivity contribution in [1.82, 2.24) is 10.4 Å². The first-order valence-electron chi connectivity index (χ1n) is 11.8. The number of carbonyl (C=O) groups excluding carboxylic acids is 2. The van der Waals surface area contributed by atoms with Crippen LogP contribution < -0.4 is 5.32 Å². The third-order valence-corrected chi connectivity index (χ3v) is 11.0. The molecule has 2 amide bonds. The minimum Gasteiger partial charge on any atom is -0.411 e. The molecule has 2 unspecified atom stereocenters. The highest BCUT2D eigenvalue weighted by Gasteiger charge is 2.45. The van der Waals surface area contributed by atoms with Crippen LogP contribution in [0.1, 0.15) is 80.1 Å². The van der Waals surface area contributed by atoms with E-state index < -0.39 is 38.1 Å². The van der Waals surface area contributed by atoms with Crippen molar-refractivity contribution in [2.75, 3.05) is 6.54 Å². The van der Waals surface area contributed by atoms with Crippen LogP contribution in [0.4, 0.5) is 13.2 Å². The Morgan fingerprint density at radius 1 is 1.09 bits per heavy atom. The molecule has 0 aromatic carbocycles. The second kappa shape index (κ2) is 11.5. The molecular weight excluding hydrogens is 453 g/mol. The van der Waals surface area contributed by atoms with Crippen molar-refractivity contribution < 1.29 is 32.0 Å². The van der Waals surface area contributed by atoms with Crippen molar-refractivity contribution in [1.29, 1.82) is 0 Å². The fourth-order valence-corrected chi connectivity index (χ4v) is 5.21. The molecule has 1 N–H and O–H groups in total. The van der Waals surface area contributed by atoms with Gasteiger partial charge >= 0.3 is 12.1 Å². The van der Waals surface area contributed by atoms with Gasteiger partial charge in [-0.3, -0.25) is 14.4 Å². The number of amides is 2. The molecule has 0 aromatic heterocycles. The van der Waals surface area contributed by atoms with Crippen molar-refractivity contribution in [2.45, 2.75) is 122 Å². The molecule has 0 radical (unpaired) electrons. The average Bonchev–Trinajstić information content (AvgIpc) is 2.66. The van der Waals surface area contributed by atoms with Gasteiger partial charge < -0.3 is 9.74 Å². The molecule has 6 nitrogen and oxygen atoms in total. The number of halogens is 3. The largest absolute Gasteiger partial charge is 0.471 e. The molecule has 1 aliphatic carbocycles. The summed E-state index contributed by atoms with van der Waals surface area (Å²) in [6.07, 6.45) is 0.370. The minimum atomic E-state index is -4.96. The molecule has 1 aliphatic rings. The summed E-state index contributed by atoms with van der Waals surface area (Å²) in [5.74, 6) is -1.84. The van der Waals surface area contributed by atoms with E-state index in [1.807, 2.05) is 5.32 Å². The normalized spacial score (nSPS) is 18.5. The first kappa shape index (κ1) is 29.9. The molecule has 194 valence electrons. The molecule has 0 spiro atoms. The Kier molecular flexibility index (Phi) is 10.4. The Bertz CT molecular complexity index is 639. The van der Waals surface area contributed by atoms with Crippen LogP contribution in [-0.4, -0.2) is 56.2 Å². The van der Waals surface area contributed by atoms with Gasteiger partial charge in [0.05, 0.1) is 17.7 Å². The quantitative estimate of drug-likeness (QED) is 0.243. The molecule has 0 aromatic rings. The average molecular weight is 497 g/mol. The van der Waals surface area contributed by atoms with Crippen molar-refractivity contribution in [3.05, 3.63) is 0 Å². The summed E-state index contributed by atoms with van der Waals surface area (Å²) >= 11 is 0. The number of nitrogens with zero attached hydrogens (tertiary/aromatic N) is 1. The van der Waals surface area contributed by atoms with E-state index in [2.05, 4.69) is 33.9 Å². The SMILES string of the molecule is CC(C)(C)ON(C=O)C(CCNC(=O)C(F)(F)F)C(O[Si](C)(C)C(C)(C)C)C1CCCCC1. The summed E-state index contributed by atoms with van der Waals surface area (Å²) in [6, 6.07) is -0.632. The van der Waals surface area contributed by atoms with Crippen LogP contribution in [0.3, 0.4) is 0 Å². The lowest BCUT2D eigenvalue weighted by molar-refractivity contribution is -0.246. The first-order valence-corrected chi connectivity index (χ1v) is 14.8. The van der Waals surface area contributed by atoms with Crippen LogP contribution in [-0.2, 0) is 18.9 Å². The van der Waals surface area contributed by atoms with Crippen LogP contribution in [0.5, 0.6) is 0 Å². The summed E-state index contributed by atoms with van der Waals surface area (Å²) in [5.41, 5.74) is -0.692. The Morgan fingerprint density at radius 3 is 2.06 bits per heavy atom. The van der Waals surface area contributed by atoms with Gasteiger partial charge in [-0.25, -0.2) is 5.06 Å². The molecule has 1 rings (SSSR count).